The van der Waals surface area contributed by atoms with Crippen LogP contribution in [-0.2, 0) is 14.8 Å². The third-order valence-corrected chi connectivity index (χ3v) is 5.94. The van der Waals surface area contributed by atoms with Crippen molar-refractivity contribution in [3.63, 3.8) is 0 Å². The van der Waals surface area contributed by atoms with Crippen LogP contribution in [0, 0.1) is 26.6 Å². The molecule has 3 aromatic carbocycles. The van der Waals surface area contributed by atoms with Gasteiger partial charge in [-0.05, 0) is 80.4 Å². The van der Waals surface area contributed by atoms with E-state index in [2.05, 4.69) is 10.0 Å². The number of aryl methyl sites for hydroxylation is 3. The third kappa shape index (κ3) is 5.82. The fourth-order valence-electron chi connectivity index (χ4n) is 3.15. The number of anilines is 2. The Hall–Kier alpha value is -3.39. The molecule has 1 amide bonds. The van der Waals surface area contributed by atoms with Gasteiger partial charge in [-0.1, -0.05) is 17.7 Å². The van der Waals surface area contributed by atoms with Crippen molar-refractivity contribution in [2.24, 2.45) is 0 Å². The molecular formula is C23H23FN2O4S. The number of amides is 1. The maximum absolute atomic E-state index is 13.0. The molecule has 0 spiro atoms. The molecule has 162 valence electrons. The van der Waals surface area contributed by atoms with Crippen LogP contribution < -0.4 is 14.8 Å². The normalized spacial score (nSPS) is 11.1. The SMILES string of the molecule is Cc1cc(C)c(NC(=O)COc2ccc(S(=O)(=O)Nc3ccc(F)cc3)cc2)c(C)c1. The second-order valence-electron chi connectivity index (χ2n) is 7.19. The highest BCUT2D eigenvalue weighted by Crippen LogP contribution is 2.22. The second-order valence-corrected chi connectivity index (χ2v) is 8.88. The van der Waals surface area contributed by atoms with Gasteiger partial charge in [-0.3, -0.25) is 9.52 Å². The van der Waals surface area contributed by atoms with Gasteiger partial charge in [0, 0.05) is 11.4 Å². The molecule has 0 radical (unpaired) electrons. The third-order valence-electron chi connectivity index (χ3n) is 4.54. The topological polar surface area (TPSA) is 84.5 Å². The Labute approximate surface area is 181 Å². The van der Waals surface area contributed by atoms with Gasteiger partial charge in [0.15, 0.2) is 6.61 Å². The lowest BCUT2D eigenvalue weighted by Crippen LogP contribution is -2.21. The van der Waals surface area contributed by atoms with Crippen LogP contribution in [0.1, 0.15) is 16.7 Å². The lowest BCUT2D eigenvalue weighted by Gasteiger charge is -2.13. The molecule has 0 aliphatic heterocycles. The van der Waals surface area contributed by atoms with Crippen molar-refractivity contribution in [3.8, 4) is 5.75 Å². The van der Waals surface area contributed by atoms with Gasteiger partial charge in [-0.25, -0.2) is 12.8 Å². The van der Waals surface area contributed by atoms with E-state index < -0.39 is 15.8 Å². The van der Waals surface area contributed by atoms with Crippen LogP contribution in [-0.4, -0.2) is 20.9 Å². The van der Waals surface area contributed by atoms with E-state index in [1.165, 1.54) is 48.5 Å². The molecular weight excluding hydrogens is 419 g/mol. The first-order chi connectivity index (χ1) is 14.6. The second kappa shape index (κ2) is 9.18. The summed E-state index contributed by atoms with van der Waals surface area (Å²) in [4.78, 5) is 12.3. The number of carbonyl (C=O) groups is 1. The molecule has 8 heteroatoms. The van der Waals surface area contributed by atoms with Gasteiger partial charge in [0.05, 0.1) is 4.90 Å². The highest BCUT2D eigenvalue weighted by Gasteiger charge is 2.15. The van der Waals surface area contributed by atoms with Gasteiger partial charge < -0.3 is 10.1 Å². The number of hydrogen-bond acceptors (Lipinski definition) is 4. The summed E-state index contributed by atoms with van der Waals surface area (Å²) in [7, 11) is -3.84. The van der Waals surface area contributed by atoms with Gasteiger partial charge >= 0.3 is 0 Å². The highest BCUT2D eigenvalue weighted by atomic mass is 32.2. The number of carbonyl (C=O) groups excluding carboxylic acids is 1. The quantitative estimate of drug-likeness (QED) is 0.561. The van der Waals surface area contributed by atoms with Gasteiger partial charge in [0.25, 0.3) is 15.9 Å². The lowest BCUT2D eigenvalue weighted by molar-refractivity contribution is -0.118. The average molecular weight is 443 g/mol. The first kappa shape index (κ1) is 22.3. The first-order valence-electron chi connectivity index (χ1n) is 9.53. The van der Waals surface area contributed by atoms with Crippen molar-refractivity contribution in [1.29, 1.82) is 0 Å². The Bertz CT molecular complexity index is 1170. The van der Waals surface area contributed by atoms with Gasteiger partial charge in [-0.15, -0.1) is 0 Å². The van der Waals surface area contributed by atoms with Crippen molar-refractivity contribution < 1.29 is 22.3 Å². The van der Waals surface area contributed by atoms with E-state index in [1.807, 2.05) is 32.9 Å². The summed E-state index contributed by atoms with van der Waals surface area (Å²) >= 11 is 0. The minimum Gasteiger partial charge on any atom is -0.484 e. The van der Waals surface area contributed by atoms with Crippen LogP contribution >= 0.6 is 0 Å². The molecule has 0 fully saturated rings. The molecule has 0 aromatic heterocycles. The van der Waals surface area contributed by atoms with E-state index in [9.17, 15) is 17.6 Å². The van der Waals surface area contributed by atoms with E-state index in [-0.39, 0.29) is 23.1 Å². The Morgan fingerprint density at radius 2 is 1.52 bits per heavy atom. The van der Waals surface area contributed by atoms with Crippen molar-refractivity contribution in [2.75, 3.05) is 16.6 Å². The molecule has 2 N–H and O–H groups in total. The molecule has 6 nitrogen and oxygen atoms in total. The summed E-state index contributed by atoms with van der Waals surface area (Å²) < 4.78 is 45.7. The molecule has 0 unspecified atom stereocenters. The maximum atomic E-state index is 13.0. The van der Waals surface area contributed by atoms with Crippen molar-refractivity contribution in [2.45, 2.75) is 25.7 Å². The van der Waals surface area contributed by atoms with Gasteiger partial charge in [0.2, 0.25) is 0 Å². The smallest absolute Gasteiger partial charge is 0.262 e. The lowest BCUT2D eigenvalue weighted by atomic mass is 10.1. The number of nitrogens with one attached hydrogen (secondary N) is 2. The number of ether oxygens (including phenoxy) is 1. The summed E-state index contributed by atoms with van der Waals surface area (Å²) in [6, 6.07) is 14.6. The number of benzene rings is 3. The predicted octanol–water partition coefficient (Wildman–Crippen LogP) is 4.57. The van der Waals surface area contributed by atoms with E-state index in [4.69, 9.17) is 4.74 Å². The van der Waals surface area contributed by atoms with Crippen LogP contribution in [0.25, 0.3) is 0 Å². The molecule has 0 saturated carbocycles. The number of sulfonamides is 1. The molecule has 3 rings (SSSR count). The monoisotopic (exact) mass is 442 g/mol. The number of halogens is 1. The standard InChI is InChI=1S/C23H23FN2O4S/c1-15-12-16(2)23(17(3)13-15)25-22(27)14-30-20-8-10-21(11-9-20)31(28,29)26-19-6-4-18(24)5-7-19/h4-13,26H,14H2,1-3H3,(H,25,27). The van der Waals surface area contributed by atoms with E-state index in [0.29, 0.717) is 5.75 Å². The molecule has 0 saturated heterocycles. The van der Waals surface area contributed by atoms with Crippen LogP contribution in [0.3, 0.4) is 0 Å². The van der Waals surface area contributed by atoms with Crippen LogP contribution in [0.4, 0.5) is 15.8 Å². The number of hydrogen-bond donors (Lipinski definition) is 2. The zero-order valence-electron chi connectivity index (χ0n) is 17.4. The summed E-state index contributed by atoms with van der Waals surface area (Å²) in [5, 5.41) is 2.85. The molecule has 0 aliphatic rings. The minimum absolute atomic E-state index is 0.0135. The van der Waals surface area contributed by atoms with Crippen LogP contribution in [0.5, 0.6) is 5.75 Å². The Morgan fingerprint density at radius 3 is 2.10 bits per heavy atom. The van der Waals surface area contributed by atoms with E-state index in [0.717, 1.165) is 22.4 Å². The molecule has 31 heavy (non-hydrogen) atoms. The molecule has 0 bridgehead atoms. The minimum atomic E-state index is -3.84. The van der Waals surface area contributed by atoms with Crippen LogP contribution in [0.15, 0.2) is 65.6 Å². The predicted molar refractivity (Wildman–Crippen MR) is 118 cm³/mol. The molecule has 0 heterocycles. The van der Waals surface area contributed by atoms with E-state index >= 15 is 0 Å². The average Bonchev–Trinajstić information content (AvgIpc) is 2.71. The summed E-state index contributed by atoms with van der Waals surface area (Å²) in [6.07, 6.45) is 0. The fraction of sp³-hybridized carbons (Fsp3) is 0.174. The number of rotatable bonds is 7. The summed E-state index contributed by atoms with van der Waals surface area (Å²) in [6.45, 7) is 5.63. The fourth-order valence-corrected chi connectivity index (χ4v) is 4.21. The van der Waals surface area contributed by atoms with Crippen molar-refractivity contribution in [3.05, 3.63) is 83.2 Å². The highest BCUT2D eigenvalue weighted by molar-refractivity contribution is 7.92. The van der Waals surface area contributed by atoms with Gasteiger partial charge in [0.1, 0.15) is 11.6 Å². The Kier molecular flexibility index (Phi) is 6.60. The Morgan fingerprint density at radius 1 is 0.935 bits per heavy atom. The van der Waals surface area contributed by atoms with Crippen LogP contribution in [0.2, 0.25) is 0 Å². The van der Waals surface area contributed by atoms with Crippen molar-refractivity contribution in [1.82, 2.24) is 0 Å². The molecule has 0 aliphatic carbocycles. The van der Waals surface area contributed by atoms with Gasteiger partial charge in [-0.2, -0.15) is 0 Å². The van der Waals surface area contributed by atoms with E-state index in [1.54, 1.807) is 0 Å². The Balaban J connectivity index is 1.60. The zero-order chi connectivity index (χ0) is 22.6. The zero-order valence-corrected chi connectivity index (χ0v) is 18.2. The maximum Gasteiger partial charge on any atom is 0.262 e. The summed E-state index contributed by atoms with van der Waals surface area (Å²) in [5.74, 6) is -0.417. The largest absolute Gasteiger partial charge is 0.484 e. The first-order valence-corrected chi connectivity index (χ1v) is 11.0. The van der Waals surface area contributed by atoms with Crippen molar-refractivity contribution >= 4 is 27.3 Å². The molecule has 3 aromatic rings. The summed E-state index contributed by atoms with van der Waals surface area (Å²) in [5.41, 5.74) is 4.06. The molecule has 0 atom stereocenters.